The van der Waals surface area contributed by atoms with Gasteiger partial charge in [-0.2, -0.15) is 0 Å². The predicted molar refractivity (Wildman–Crippen MR) is 72.1 cm³/mol. The van der Waals surface area contributed by atoms with Crippen molar-refractivity contribution in [3.63, 3.8) is 0 Å². The van der Waals surface area contributed by atoms with Gasteiger partial charge in [-0.15, -0.1) is 0 Å². The molecule has 0 bridgehead atoms. The first kappa shape index (κ1) is 11.9. The minimum Gasteiger partial charge on any atom is -0.397 e. The van der Waals surface area contributed by atoms with Crippen LogP contribution in [0.2, 0.25) is 0 Å². The Labute approximate surface area is 108 Å². The Bertz CT molecular complexity index is 587. The maximum Gasteiger partial charge on any atom is 0.212 e. The van der Waals surface area contributed by atoms with Gasteiger partial charge in [0.2, 0.25) is 5.78 Å². The molecule has 0 saturated carbocycles. The summed E-state index contributed by atoms with van der Waals surface area (Å²) in [5.74, 6) is -0.0643. The normalized spacial score (nSPS) is 10.5. The number of benzene rings is 1. The Morgan fingerprint density at radius 2 is 2.00 bits per heavy atom. The molecule has 0 aliphatic rings. The van der Waals surface area contributed by atoms with E-state index in [1.807, 2.05) is 42.8 Å². The van der Waals surface area contributed by atoms with Gasteiger partial charge in [-0.1, -0.05) is 28.1 Å². The van der Waals surface area contributed by atoms with E-state index < -0.39 is 0 Å². The van der Waals surface area contributed by atoms with Crippen LogP contribution in [0.4, 0.5) is 5.69 Å². The van der Waals surface area contributed by atoms with E-state index >= 15 is 0 Å². The smallest absolute Gasteiger partial charge is 0.212 e. The van der Waals surface area contributed by atoms with Crippen molar-refractivity contribution in [3.8, 4) is 0 Å². The zero-order chi connectivity index (χ0) is 12.6. The fourth-order valence-electron chi connectivity index (χ4n) is 1.82. The van der Waals surface area contributed by atoms with E-state index in [1.165, 1.54) is 0 Å². The monoisotopic (exact) mass is 292 g/mol. The van der Waals surface area contributed by atoms with Crippen molar-refractivity contribution in [2.45, 2.75) is 6.92 Å². The van der Waals surface area contributed by atoms with Gasteiger partial charge in [-0.05, 0) is 25.1 Å². The number of nitrogens with two attached hydrogens (primary N) is 1. The van der Waals surface area contributed by atoms with Crippen LogP contribution in [-0.2, 0) is 7.05 Å². The second kappa shape index (κ2) is 4.37. The van der Waals surface area contributed by atoms with Crippen LogP contribution in [0.5, 0.6) is 0 Å². The number of carbonyl (C=O) groups excluding carboxylic acids is 1. The highest BCUT2D eigenvalue weighted by molar-refractivity contribution is 9.10. The number of carbonyl (C=O) groups is 1. The molecule has 0 fully saturated rings. The lowest BCUT2D eigenvalue weighted by Gasteiger charge is -2.07. The Morgan fingerprint density at radius 3 is 2.53 bits per heavy atom. The van der Waals surface area contributed by atoms with Crippen molar-refractivity contribution < 1.29 is 4.79 Å². The zero-order valence-corrected chi connectivity index (χ0v) is 11.3. The molecule has 2 N–H and O–H groups in total. The highest BCUT2D eigenvalue weighted by Gasteiger charge is 2.19. The highest BCUT2D eigenvalue weighted by Crippen LogP contribution is 2.24. The van der Waals surface area contributed by atoms with E-state index in [0.29, 0.717) is 16.9 Å². The molecule has 3 nitrogen and oxygen atoms in total. The molecule has 1 aromatic heterocycles. The standard InChI is InChI=1S/C13H13BrN2O/c1-8-7-11(15)12(16(8)2)13(17)9-5-3-4-6-10(9)14/h3-7H,15H2,1-2H3. The molecule has 0 aliphatic heterocycles. The summed E-state index contributed by atoms with van der Waals surface area (Å²) in [6.45, 7) is 1.92. The van der Waals surface area contributed by atoms with Gasteiger partial charge in [0.25, 0.3) is 0 Å². The van der Waals surface area contributed by atoms with Gasteiger partial charge < -0.3 is 10.3 Å². The van der Waals surface area contributed by atoms with Crippen LogP contribution >= 0.6 is 15.9 Å². The number of hydrogen-bond acceptors (Lipinski definition) is 2. The number of aryl methyl sites for hydroxylation is 1. The summed E-state index contributed by atoms with van der Waals surface area (Å²) in [5, 5.41) is 0. The van der Waals surface area contributed by atoms with Crippen molar-refractivity contribution in [1.82, 2.24) is 4.57 Å². The summed E-state index contributed by atoms with van der Waals surface area (Å²) in [4.78, 5) is 12.4. The number of ketones is 1. The largest absolute Gasteiger partial charge is 0.397 e. The summed E-state index contributed by atoms with van der Waals surface area (Å²) >= 11 is 3.38. The molecule has 1 heterocycles. The van der Waals surface area contributed by atoms with Crippen molar-refractivity contribution in [2.24, 2.45) is 7.05 Å². The van der Waals surface area contributed by atoms with Crippen LogP contribution in [0, 0.1) is 6.92 Å². The first-order valence-electron chi connectivity index (χ1n) is 5.23. The highest BCUT2D eigenvalue weighted by atomic mass is 79.9. The van der Waals surface area contributed by atoms with Gasteiger partial charge in [-0.25, -0.2) is 0 Å². The molecule has 0 amide bonds. The lowest BCUT2D eigenvalue weighted by atomic mass is 10.1. The minimum atomic E-state index is -0.0643. The van der Waals surface area contributed by atoms with Crippen LogP contribution in [0.3, 0.4) is 0 Å². The second-order valence-electron chi connectivity index (χ2n) is 3.96. The fourth-order valence-corrected chi connectivity index (χ4v) is 2.28. The Kier molecular flexibility index (Phi) is 3.07. The summed E-state index contributed by atoms with van der Waals surface area (Å²) < 4.78 is 2.60. The van der Waals surface area contributed by atoms with Gasteiger partial charge in [0, 0.05) is 22.8 Å². The number of hydrogen-bond donors (Lipinski definition) is 1. The van der Waals surface area contributed by atoms with Crippen molar-refractivity contribution in [2.75, 3.05) is 5.73 Å². The minimum absolute atomic E-state index is 0.0643. The fraction of sp³-hybridized carbons (Fsp3) is 0.154. The van der Waals surface area contributed by atoms with E-state index in [0.717, 1.165) is 10.2 Å². The summed E-state index contributed by atoms with van der Waals surface area (Å²) in [5.41, 5.74) is 8.52. The number of nitrogens with zero attached hydrogens (tertiary/aromatic N) is 1. The Hall–Kier alpha value is -1.55. The SMILES string of the molecule is Cc1cc(N)c(C(=O)c2ccccc2Br)n1C. The van der Waals surface area contributed by atoms with E-state index in [2.05, 4.69) is 15.9 Å². The average Bonchev–Trinajstić information content (AvgIpc) is 2.53. The van der Waals surface area contributed by atoms with Crippen LogP contribution in [0.1, 0.15) is 21.7 Å². The molecule has 17 heavy (non-hydrogen) atoms. The molecule has 0 spiro atoms. The van der Waals surface area contributed by atoms with Gasteiger partial charge in [-0.3, -0.25) is 4.79 Å². The van der Waals surface area contributed by atoms with Crippen molar-refractivity contribution >= 4 is 27.4 Å². The number of nitrogen functional groups attached to an aromatic ring is 1. The van der Waals surface area contributed by atoms with Crippen molar-refractivity contribution in [3.05, 3.63) is 51.8 Å². The number of aromatic nitrogens is 1. The summed E-state index contributed by atoms with van der Waals surface area (Å²) in [7, 11) is 1.84. The molecule has 0 atom stereocenters. The lowest BCUT2D eigenvalue weighted by Crippen LogP contribution is -2.10. The number of halogens is 1. The second-order valence-corrected chi connectivity index (χ2v) is 4.81. The molecule has 0 unspecified atom stereocenters. The molecular weight excluding hydrogens is 280 g/mol. The van der Waals surface area contributed by atoms with Crippen LogP contribution in [0.25, 0.3) is 0 Å². The molecule has 88 valence electrons. The third kappa shape index (κ3) is 2.00. The van der Waals surface area contributed by atoms with Crippen LogP contribution in [-0.4, -0.2) is 10.4 Å². The summed E-state index contributed by atoms with van der Waals surface area (Å²) in [6, 6.07) is 9.15. The van der Waals surface area contributed by atoms with Gasteiger partial charge in [0.15, 0.2) is 0 Å². The predicted octanol–water partition coefficient (Wildman–Crippen LogP) is 2.91. The molecule has 0 radical (unpaired) electrons. The number of anilines is 1. The van der Waals surface area contributed by atoms with E-state index in [4.69, 9.17) is 5.73 Å². The summed E-state index contributed by atoms with van der Waals surface area (Å²) in [6.07, 6.45) is 0. The molecule has 2 rings (SSSR count). The molecule has 1 aromatic carbocycles. The molecule has 2 aromatic rings. The molecular formula is C13H13BrN2O. The lowest BCUT2D eigenvalue weighted by molar-refractivity contribution is 0.103. The maximum atomic E-state index is 12.4. The average molecular weight is 293 g/mol. The van der Waals surface area contributed by atoms with Crippen molar-refractivity contribution in [1.29, 1.82) is 0 Å². The molecule has 0 aliphatic carbocycles. The molecule has 0 saturated heterocycles. The zero-order valence-electron chi connectivity index (χ0n) is 9.70. The van der Waals surface area contributed by atoms with Crippen LogP contribution < -0.4 is 5.73 Å². The van der Waals surface area contributed by atoms with E-state index in [9.17, 15) is 4.79 Å². The third-order valence-corrected chi connectivity index (χ3v) is 3.53. The first-order valence-corrected chi connectivity index (χ1v) is 6.02. The topological polar surface area (TPSA) is 48.0 Å². The Morgan fingerprint density at radius 1 is 1.35 bits per heavy atom. The van der Waals surface area contributed by atoms with E-state index in [1.54, 1.807) is 6.07 Å². The third-order valence-electron chi connectivity index (χ3n) is 2.84. The van der Waals surface area contributed by atoms with E-state index in [-0.39, 0.29) is 5.78 Å². The number of rotatable bonds is 2. The van der Waals surface area contributed by atoms with Crippen LogP contribution in [0.15, 0.2) is 34.8 Å². The molecule has 4 heteroatoms. The van der Waals surface area contributed by atoms with Gasteiger partial charge >= 0.3 is 0 Å². The quantitative estimate of drug-likeness (QED) is 0.865. The van der Waals surface area contributed by atoms with Gasteiger partial charge in [0.05, 0.1) is 5.69 Å². The maximum absolute atomic E-state index is 12.4. The Balaban J connectivity index is 2.55. The van der Waals surface area contributed by atoms with Gasteiger partial charge in [0.1, 0.15) is 5.69 Å². The first-order chi connectivity index (χ1) is 8.02.